The molecule has 2 aromatic carbocycles. The Morgan fingerprint density at radius 3 is 2.65 bits per heavy atom. The molecule has 0 bridgehead atoms. The van der Waals surface area contributed by atoms with Crippen molar-refractivity contribution in [3.05, 3.63) is 54.1 Å². The van der Waals surface area contributed by atoms with Gasteiger partial charge >= 0.3 is 0 Å². The molecule has 1 aliphatic rings. The minimum Gasteiger partial charge on any atom is -0.474 e. The third-order valence-corrected chi connectivity index (χ3v) is 3.57. The van der Waals surface area contributed by atoms with Crippen LogP contribution in [0.2, 0.25) is 0 Å². The fourth-order valence-electron chi connectivity index (χ4n) is 2.48. The topological polar surface area (TPSA) is 111 Å². The van der Waals surface area contributed by atoms with Crippen molar-refractivity contribution >= 4 is 23.2 Å². The first-order valence-corrected chi connectivity index (χ1v) is 7.02. The molecular formula is C16H16N4O3. The number of amides is 2. The second-order valence-electron chi connectivity index (χ2n) is 5.13. The Morgan fingerprint density at radius 2 is 1.96 bits per heavy atom. The Morgan fingerprint density at radius 1 is 1.22 bits per heavy atom. The quantitative estimate of drug-likeness (QED) is 0.335. The molecule has 2 amide bonds. The van der Waals surface area contributed by atoms with Gasteiger partial charge in [-0.25, -0.2) is 5.84 Å². The summed E-state index contributed by atoms with van der Waals surface area (Å²) in [6.45, 7) is -0.195. The Bertz CT molecular complexity index is 748. The Kier molecular flexibility index (Phi) is 3.86. The number of hydrazine groups is 1. The van der Waals surface area contributed by atoms with E-state index in [1.54, 1.807) is 30.3 Å². The maximum absolute atomic E-state index is 12.8. The fourth-order valence-corrected chi connectivity index (χ4v) is 2.48. The summed E-state index contributed by atoms with van der Waals surface area (Å²) in [4.78, 5) is 25.8. The number of nitrogens with one attached hydrogen (secondary N) is 1. The molecule has 1 unspecified atom stereocenters. The van der Waals surface area contributed by atoms with Gasteiger partial charge in [0.1, 0.15) is 12.3 Å². The van der Waals surface area contributed by atoms with Crippen molar-refractivity contribution in [1.82, 2.24) is 5.43 Å². The lowest BCUT2D eigenvalue weighted by Gasteiger charge is -2.34. The summed E-state index contributed by atoms with van der Waals surface area (Å²) in [6, 6.07) is 14.0. The van der Waals surface area contributed by atoms with Gasteiger partial charge in [-0.3, -0.25) is 19.9 Å². The molecule has 1 aliphatic heterocycles. The van der Waals surface area contributed by atoms with Crippen LogP contribution >= 0.6 is 0 Å². The van der Waals surface area contributed by atoms with Crippen LogP contribution in [0.3, 0.4) is 0 Å². The van der Waals surface area contributed by atoms with Crippen LogP contribution < -0.4 is 26.6 Å². The van der Waals surface area contributed by atoms with Crippen LogP contribution in [0.15, 0.2) is 48.5 Å². The van der Waals surface area contributed by atoms with Gasteiger partial charge in [0, 0.05) is 17.3 Å². The Balaban J connectivity index is 2.04. The van der Waals surface area contributed by atoms with Crippen molar-refractivity contribution in [3.63, 3.8) is 0 Å². The van der Waals surface area contributed by atoms with Crippen LogP contribution in [0.5, 0.6) is 5.75 Å². The molecule has 3 rings (SSSR count). The van der Waals surface area contributed by atoms with Crippen molar-refractivity contribution in [2.75, 3.05) is 17.2 Å². The number of anilines is 2. The highest BCUT2D eigenvalue weighted by atomic mass is 16.5. The SMILES string of the molecule is NNC(=O)CN1C(=O)C(c2ccccc2)Oc2cc(N)ccc21. The summed E-state index contributed by atoms with van der Waals surface area (Å²) < 4.78 is 5.82. The molecule has 1 heterocycles. The van der Waals surface area contributed by atoms with E-state index in [4.69, 9.17) is 16.3 Å². The highest BCUT2D eigenvalue weighted by molar-refractivity contribution is 6.04. The molecule has 2 aromatic rings. The van der Waals surface area contributed by atoms with E-state index >= 15 is 0 Å². The lowest BCUT2D eigenvalue weighted by molar-refractivity contribution is -0.129. The van der Waals surface area contributed by atoms with Crippen LogP contribution in [0, 0.1) is 0 Å². The van der Waals surface area contributed by atoms with Crippen LogP contribution in [0.1, 0.15) is 11.7 Å². The van der Waals surface area contributed by atoms with Crippen molar-refractivity contribution < 1.29 is 14.3 Å². The molecule has 7 heteroatoms. The summed E-state index contributed by atoms with van der Waals surface area (Å²) in [7, 11) is 0. The summed E-state index contributed by atoms with van der Waals surface area (Å²) >= 11 is 0. The molecule has 0 aliphatic carbocycles. The predicted octanol–water partition coefficient (Wildman–Crippen LogP) is 0.725. The second kappa shape index (κ2) is 5.98. The minimum atomic E-state index is -0.837. The fraction of sp³-hybridized carbons (Fsp3) is 0.125. The Labute approximate surface area is 132 Å². The predicted molar refractivity (Wildman–Crippen MR) is 85.3 cm³/mol. The van der Waals surface area contributed by atoms with Gasteiger partial charge in [0.05, 0.1) is 5.69 Å². The number of nitrogens with zero attached hydrogens (tertiary/aromatic N) is 1. The maximum atomic E-state index is 12.8. The van der Waals surface area contributed by atoms with Crippen molar-refractivity contribution in [2.45, 2.75) is 6.10 Å². The van der Waals surface area contributed by atoms with E-state index in [1.165, 1.54) is 4.90 Å². The number of carbonyl (C=O) groups excluding carboxylic acids is 2. The van der Waals surface area contributed by atoms with Crippen LogP contribution in [0.4, 0.5) is 11.4 Å². The zero-order chi connectivity index (χ0) is 16.4. The average molecular weight is 312 g/mol. The number of carbonyl (C=O) groups is 2. The van der Waals surface area contributed by atoms with E-state index in [-0.39, 0.29) is 12.5 Å². The van der Waals surface area contributed by atoms with E-state index in [1.807, 2.05) is 23.6 Å². The zero-order valence-corrected chi connectivity index (χ0v) is 12.2. The van der Waals surface area contributed by atoms with E-state index < -0.39 is 12.0 Å². The monoisotopic (exact) mass is 312 g/mol. The van der Waals surface area contributed by atoms with E-state index in [0.717, 1.165) is 0 Å². The molecule has 0 saturated carbocycles. The summed E-state index contributed by atoms with van der Waals surface area (Å²) in [5, 5.41) is 0. The maximum Gasteiger partial charge on any atom is 0.273 e. The van der Waals surface area contributed by atoms with Crippen molar-refractivity contribution in [2.24, 2.45) is 5.84 Å². The minimum absolute atomic E-state index is 0.195. The third kappa shape index (κ3) is 2.82. The molecule has 7 nitrogen and oxygen atoms in total. The van der Waals surface area contributed by atoms with Gasteiger partial charge in [-0.05, 0) is 12.1 Å². The van der Waals surface area contributed by atoms with E-state index in [9.17, 15) is 9.59 Å². The number of hydrogen-bond donors (Lipinski definition) is 3. The number of nitrogens with two attached hydrogens (primary N) is 2. The molecule has 5 N–H and O–H groups in total. The zero-order valence-electron chi connectivity index (χ0n) is 12.2. The third-order valence-electron chi connectivity index (χ3n) is 3.57. The van der Waals surface area contributed by atoms with Gasteiger partial charge in [0.25, 0.3) is 11.8 Å². The molecule has 0 fully saturated rings. The number of fused-ring (bicyclic) bond motifs is 1. The van der Waals surface area contributed by atoms with Gasteiger partial charge in [-0.15, -0.1) is 0 Å². The van der Waals surface area contributed by atoms with Crippen LogP contribution in [-0.4, -0.2) is 18.4 Å². The average Bonchev–Trinajstić information content (AvgIpc) is 2.57. The molecule has 0 spiro atoms. The van der Waals surface area contributed by atoms with Crippen molar-refractivity contribution in [1.29, 1.82) is 0 Å². The molecule has 0 aromatic heterocycles. The van der Waals surface area contributed by atoms with Gasteiger partial charge in [-0.2, -0.15) is 0 Å². The Hall–Kier alpha value is -3.06. The van der Waals surface area contributed by atoms with Crippen LogP contribution in [0.25, 0.3) is 0 Å². The number of ether oxygens (including phenoxy) is 1. The summed E-state index contributed by atoms with van der Waals surface area (Å²) in [5.74, 6) is 4.77. The first-order chi connectivity index (χ1) is 11.1. The standard InChI is InChI=1S/C16H16N4O3/c17-11-6-7-12-13(8-11)23-15(10-4-2-1-3-5-10)16(22)20(12)9-14(21)19-18/h1-8,15H,9,17-18H2,(H,19,21). The first kappa shape index (κ1) is 14.9. The number of rotatable bonds is 3. The van der Waals surface area contributed by atoms with Crippen LogP contribution in [-0.2, 0) is 9.59 Å². The summed E-state index contributed by atoms with van der Waals surface area (Å²) in [5.41, 5.74) is 9.51. The molecule has 118 valence electrons. The van der Waals surface area contributed by atoms with E-state index in [0.29, 0.717) is 22.7 Å². The van der Waals surface area contributed by atoms with Gasteiger partial charge in [-0.1, -0.05) is 30.3 Å². The normalized spacial score (nSPS) is 16.5. The largest absolute Gasteiger partial charge is 0.474 e. The van der Waals surface area contributed by atoms with Gasteiger partial charge in [0.15, 0.2) is 0 Å². The van der Waals surface area contributed by atoms with E-state index in [2.05, 4.69) is 0 Å². The molecule has 0 radical (unpaired) electrons. The molecule has 1 atom stereocenters. The van der Waals surface area contributed by atoms with Gasteiger partial charge < -0.3 is 10.5 Å². The smallest absolute Gasteiger partial charge is 0.273 e. The second-order valence-corrected chi connectivity index (χ2v) is 5.13. The number of nitrogen functional groups attached to an aromatic ring is 1. The lowest BCUT2D eigenvalue weighted by Crippen LogP contribution is -2.47. The molecule has 0 saturated heterocycles. The molecular weight excluding hydrogens is 296 g/mol. The highest BCUT2D eigenvalue weighted by Crippen LogP contribution is 2.39. The van der Waals surface area contributed by atoms with Gasteiger partial charge in [0.2, 0.25) is 6.10 Å². The number of hydrogen-bond acceptors (Lipinski definition) is 5. The number of benzene rings is 2. The lowest BCUT2D eigenvalue weighted by atomic mass is 10.1. The first-order valence-electron chi connectivity index (χ1n) is 7.02. The highest BCUT2D eigenvalue weighted by Gasteiger charge is 2.36. The van der Waals surface area contributed by atoms with Crippen molar-refractivity contribution in [3.8, 4) is 5.75 Å². The molecule has 23 heavy (non-hydrogen) atoms. The summed E-state index contributed by atoms with van der Waals surface area (Å²) in [6.07, 6.45) is -0.837.